The van der Waals surface area contributed by atoms with Crippen molar-refractivity contribution >= 4 is 5.95 Å². The lowest BCUT2D eigenvalue weighted by atomic mass is 10.1. The summed E-state index contributed by atoms with van der Waals surface area (Å²) in [4.78, 5) is 17.0. The average Bonchev–Trinajstić information content (AvgIpc) is 2.90. The fourth-order valence-electron chi connectivity index (χ4n) is 4.54. The summed E-state index contributed by atoms with van der Waals surface area (Å²) < 4.78 is 17.0. The maximum Gasteiger partial charge on any atom is 0.228 e. The molecule has 184 valence electrons. The van der Waals surface area contributed by atoms with Crippen molar-refractivity contribution < 1.29 is 14.2 Å². The number of hydrogen-bond donors (Lipinski definition) is 0. The predicted molar refractivity (Wildman–Crippen MR) is 136 cm³/mol. The van der Waals surface area contributed by atoms with Crippen LogP contribution < -0.4 is 19.1 Å². The van der Waals surface area contributed by atoms with Gasteiger partial charge in [-0.1, -0.05) is 12.1 Å². The molecule has 0 bridgehead atoms. The van der Waals surface area contributed by atoms with Gasteiger partial charge in [0.2, 0.25) is 11.8 Å². The molecule has 3 aromatic rings. The number of rotatable bonds is 7. The Morgan fingerprint density at radius 2 is 1.40 bits per heavy atom. The molecule has 0 N–H and O–H groups in total. The molecule has 3 heterocycles. The van der Waals surface area contributed by atoms with Crippen LogP contribution in [0.5, 0.6) is 23.1 Å². The molecule has 0 spiro atoms. The van der Waals surface area contributed by atoms with Crippen molar-refractivity contribution in [1.82, 2.24) is 19.8 Å². The molecule has 2 aromatic carbocycles. The Hall–Kier alpha value is -3.36. The zero-order chi connectivity index (χ0) is 24.2. The van der Waals surface area contributed by atoms with E-state index in [2.05, 4.69) is 33.9 Å². The van der Waals surface area contributed by atoms with Crippen LogP contribution in [0, 0.1) is 0 Å². The van der Waals surface area contributed by atoms with Gasteiger partial charge in [0.25, 0.3) is 0 Å². The third kappa shape index (κ3) is 5.49. The van der Waals surface area contributed by atoms with Gasteiger partial charge in [-0.05, 0) is 49.0 Å². The van der Waals surface area contributed by atoms with Crippen LogP contribution in [0.15, 0.2) is 48.5 Å². The van der Waals surface area contributed by atoms with Crippen molar-refractivity contribution in [3.05, 3.63) is 65.4 Å². The highest BCUT2D eigenvalue weighted by molar-refractivity contribution is 5.44. The standard InChI is InChI=1S/C27H33N5O3/c1-30-14-16-32(17-15-30)27-28-25-12-13-31(18-20-4-6-21(33-2)7-5-20)19-24(25)26(29-27)35-23-10-8-22(34-3)9-11-23/h4-11H,12-19H2,1-3H3. The molecule has 5 rings (SSSR count). The van der Waals surface area contributed by atoms with Crippen molar-refractivity contribution in [3.8, 4) is 23.1 Å². The van der Waals surface area contributed by atoms with Crippen LogP contribution in [-0.4, -0.2) is 73.8 Å². The quantitative estimate of drug-likeness (QED) is 0.514. The summed E-state index contributed by atoms with van der Waals surface area (Å²) in [6.07, 6.45) is 0.869. The number of nitrogens with zero attached hydrogens (tertiary/aromatic N) is 5. The molecule has 0 unspecified atom stereocenters. The lowest BCUT2D eigenvalue weighted by Gasteiger charge is -2.34. The van der Waals surface area contributed by atoms with E-state index in [0.717, 1.165) is 86.7 Å². The topological polar surface area (TPSA) is 63.2 Å². The van der Waals surface area contributed by atoms with Crippen LogP contribution in [0.4, 0.5) is 5.95 Å². The minimum atomic E-state index is 0.647. The second-order valence-corrected chi connectivity index (χ2v) is 9.13. The van der Waals surface area contributed by atoms with E-state index >= 15 is 0 Å². The molecule has 0 atom stereocenters. The number of likely N-dealkylation sites (N-methyl/N-ethyl adjacent to an activating group) is 1. The molecule has 1 aromatic heterocycles. The van der Waals surface area contributed by atoms with E-state index in [1.807, 2.05) is 36.4 Å². The zero-order valence-electron chi connectivity index (χ0n) is 20.7. The Kier molecular flexibility index (Phi) is 7.01. The number of ether oxygens (including phenoxy) is 3. The van der Waals surface area contributed by atoms with Gasteiger partial charge in [0.1, 0.15) is 17.2 Å². The van der Waals surface area contributed by atoms with Crippen molar-refractivity contribution in [2.24, 2.45) is 0 Å². The summed E-state index contributed by atoms with van der Waals surface area (Å²) in [5.74, 6) is 3.82. The highest BCUT2D eigenvalue weighted by atomic mass is 16.5. The Labute approximate surface area is 207 Å². The summed E-state index contributed by atoms with van der Waals surface area (Å²) >= 11 is 0. The number of benzene rings is 2. The van der Waals surface area contributed by atoms with Crippen molar-refractivity contribution in [2.45, 2.75) is 19.5 Å². The number of fused-ring (bicyclic) bond motifs is 1. The van der Waals surface area contributed by atoms with Crippen LogP contribution in [0.3, 0.4) is 0 Å². The Bertz CT molecular complexity index is 1130. The average molecular weight is 476 g/mol. The highest BCUT2D eigenvalue weighted by Gasteiger charge is 2.26. The molecule has 2 aliphatic heterocycles. The van der Waals surface area contributed by atoms with E-state index in [1.54, 1.807) is 14.2 Å². The van der Waals surface area contributed by atoms with Crippen LogP contribution >= 0.6 is 0 Å². The van der Waals surface area contributed by atoms with Gasteiger partial charge in [-0.15, -0.1) is 0 Å². The van der Waals surface area contributed by atoms with Gasteiger partial charge < -0.3 is 24.0 Å². The van der Waals surface area contributed by atoms with E-state index in [-0.39, 0.29) is 0 Å². The first-order chi connectivity index (χ1) is 17.1. The third-order valence-corrected chi connectivity index (χ3v) is 6.71. The number of aromatic nitrogens is 2. The maximum absolute atomic E-state index is 6.37. The van der Waals surface area contributed by atoms with Crippen molar-refractivity contribution in [2.75, 3.05) is 58.9 Å². The summed E-state index contributed by atoms with van der Waals surface area (Å²) in [6.45, 7) is 6.39. The first-order valence-corrected chi connectivity index (χ1v) is 12.1. The third-order valence-electron chi connectivity index (χ3n) is 6.71. The van der Waals surface area contributed by atoms with Crippen molar-refractivity contribution in [1.29, 1.82) is 0 Å². The van der Waals surface area contributed by atoms with Crippen molar-refractivity contribution in [3.63, 3.8) is 0 Å². The smallest absolute Gasteiger partial charge is 0.228 e. The van der Waals surface area contributed by atoms with Crippen LogP contribution in [0.25, 0.3) is 0 Å². The summed E-state index contributed by atoms with van der Waals surface area (Å²) in [5, 5.41) is 0. The summed E-state index contributed by atoms with van der Waals surface area (Å²) in [7, 11) is 5.51. The molecule has 2 aliphatic rings. The normalized spacial score (nSPS) is 16.6. The lowest BCUT2D eigenvalue weighted by Crippen LogP contribution is -2.45. The van der Waals surface area contributed by atoms with E-state index in [9.17, 15) is 0 Å². The van der Waals surface area contributed by atoms with Gasteiger partial charge in [-0.25, -0.2) is 4.98 Å². The fourth-order valence-corrected chi connectivity index (χ4v) is 4.54. The number of anilines is 1. The molecule has 35 heavy (non-hydrogen) atoms. The molecule has 0 amide bonds. The monoisotopic (exact) mass is 475 g/mol. The Balaban J connectivity index is 1.41. The molecule has 0 saturated carbocycles. The lowest BCUT2D eigenvalue weighted by molar-refractivity contribution is 0.238. The van der Waals surface area contributed by atoms with Crippen LogP contribution in [-0.2, 0) is 19.5 Å². The summed E-state index contributed by atoms with van der Waals surface area (Å²) in [5.41, 5.74) is 3.41. The molecule has 0 radical (unpaired) electrons. The molecule has 1 saturated heterocycles. The van der Waals surface area contributed by atoms with Gasteiger partial charge in [0.05, 0.1) is 25.5 Å². The van der Waals surface area contributed by atoms with Crippen LogP contribution in [0.1, 0.15) is 16.8 Å². The first kappa shape index (κ1) is 23.4. The molecule has 0 aliphatic carbocycles. The van der Waals surface area contributed by atoms with Gasteiger partial charge >= 0.3 is 0 Å². The molecular weight excluding hydrogens is 442 g/mol. The largest absolute Gasteiger partial charge is 0.497 e. The van der Waals surface area contributed by atoms with E-state index in [1.165, 1.54) is 5.56 Å². The number of methoxy groups -OCH3 is 2. The Morgan fingerprint density at radius 1 is 0.771 bits per heavy atom. The molecule has 8 nitrogen and oxygen atoms in total. The van der Waals surface area contributed by atoms with E-state index < -0.39 is 0 Å². The van der Waals surface area contributed by atoms with Gasteiger partial charge in [0.15, 0.2) is 0 Å². The van der Waals surface area contributed by atoms with E-state index in [4.69, 9.17) is 24.2 Å². The van der Waals surface area contributed by atoms with Gasteiger partial charge in [0, 0.05) is 52.2 Å². The number of hydrogen-bond acceptors (Lipinski definition) is 8. The number of piperazine rings is 1. The molecule has 8 heteroatoms. The first-order valence-electron chi connectivity index (χ1n) is 12.1. The predicted octanol–water partition coefficient (Wildman–Crippen LogP) is 3.60. The van der Waals surface area contributed by atoms with Gasteiger partial charge in [-0.3, -0.25) is 4.90 Å². The van der Waals surface area contributed by atoms with Gasteiger partial charge in [-0.2, -0.15) is 4.98 Å². The Morgan fingerprint density at radius 3 is 2.06 bits per heavy atom. The minimum absolute atomic E-state index is 0.647. The zero-order valence-corrected chi connectivity index (χ0v) is 20.7. The maximum atomic E-state index is 6.37. The second-order valence-electron chi connectivity index (χ2n) is 9.13. The molecule has 1 fully saturated rings. The molecular formula is C27H33N5O3. The van der Waals surface area contributed by atoms with E-state index in [0.29, 0.717) is 5.88 Å². The SMILES string of the molecule is COc1ccc(CN2CCc3nc(N4CCN(C)CC4)nc(Oc4ccc(OC)cc4)c3C2)cc1. The second kappa shape index (κ2) is 10.5. The minimum Gasteiger partial charge on any atom is -0.497 e. The summed E-state index contributed by atoms with van der Waals surface area (Å²) in [6, 6.07) is 15.9. The fraction of sp³-hybridized carbons (Fsp3) is 0.407. The highest BCUT2D eigenvalue weighted by Crippen LogP contribution is 2.33. The van der Waals surface area contributed by atoms with Crippen LogP contribution in [0.2, 0.25) is 0 Å².